The third-order valence-electron chi connectivity index (χ3n) is 5.95. The molecule has 0 spiro atoms. The lowest BCUT2D eigenvalue weighted by atomic mass is 9.80. The average molecular weight is 418 g/mol. The molecule has 3 aromatic heterocycles. The molecule has 6 nitrogen and oxygen atoms in total. The third-order valence-corrected chi connectivity index (χ3v) is 5.95. The maximum Gasteiger partial charge on any atom is 0.141 e. The lowest BCUT2D eigenvalue weighted by Crippen LogP contribution is -2.44. The Balaban J connectivity index is 1.56. The van der Waals surface area contributed by atoms with Gasteiger partial charge < -0.3 is 4.57 Å². The Labute approximate surface area is 177 Å². The molecule has 156 valence electrons. The Morgan fingerprint density at radius 1 is 1.19 bits per heavy atom. The molecule has 0 aliphatic heterocycles. The van der Waals surface area contributed by atoms with Gasteiger partial charge in [-0.25, -0.2) is 18.7 Å². The van der Waals surface area contributed by atoms with Gasteiger partial charge in [0.05, 0.1) is 29.5 Å². The Morgan fingerprint density at radius 3 is 2.74 bits per heavy atom. The van der Waals surface area contributed by atoms with Crippen LogP contribution in [-0.4, -0.2) is 36.2 Å². The van der Waals surface area contributed by atoms with Crippen LogP contribution in [0.25, 0.3) is 33.4 Å². The smallest absolute Gasteiger partial charge is 0.141 e. The first-order valence-corrected chi connectivity index (χ1v) is 10.1. The fraction of sp³-hybridized carbons (Fsp3) is 0.304. The highest BCUT2D eigenvalue weighted by Crippen LogP contribution is 2.40. The van der Waals surface area contributed by atoms with Crippen LogP contribution in [0.15, 0.2) is 42.7 Å². The van der Waals surface area contributed by atoms with Gasteiger partial charge in [-0.3, -0.25) is 4.68 Å². The standard InChI is InChI=1S/C23H20F2N6/c1-14-28-20-7-15(3-6-21(20)30(14)2)22-19(5-4-18(10-26)29-22)16-11-27-31(12-16)13-23(25)8-17(24)9-23/h3-7,11-12,17H,8-9,13H2,1-2H3/t17-,23+. The number of benzene rings is 1. The van der Waals surface area contributed by atoms with Crippen LogP contribution < -0.4 is 0 Å². The number of rotatable bonds is 4. The molecule has 0 saturated heterocycles. The first-order chi connectivity index (χ1) is 14.8. The minimum Gasteiger partial charge on any atom is -0.331 e. The van der Waals surface area contributed by atoms with Crippen molar-refractivity contribution in [1.29, 1.82) is 5.26 Å². The van der Waals surface area contributed by atoms with Gasteiger partial charge >= 0.3 is 0 Å². The number of nitriles is 1. The molecule has 1 aliphatic carbocycles. The zero-order chi connectivity index (χ0) is 21.8. The van der Waals surface area contributed by atoms with Crippen molar-refractivity contribution in [3.63, 3.8) is 0 Å². The number of alkyl halides is 2. The number of aryl methyl sites for hydroxylation is 2. The lowest BCUT2D eigenvalue weighted by Gasteiger charge is -2.36. The molecule has 0 N–H and O–H groups in total. The normalized spacial score (nSPS) is 20.5. The number of nitrogens with zero attached hydrogens (tertiary/aromatic N) is 6. The van der Waals surface area contributed by atoms with Crippen molar-refractivity contribution < 1.29 is 8.78 Å². The summed E-state index contributed by atoms with van der Waals surface area (Å²) >= 11 is 0. The zero-order valence-corrected chi connectivity index (χ0v) is 17.2. The summed E-state index contributed by atoms with van der Waals surface area (Å²) in [5.74, 6) is 0.902. The van der Waals surface area contributed by atoms with E-state index in [1.807, 2.05) is 42.8 Å². The van der Waals surface area contributed by atoms with E-state index in [1.54, 1.807) is 18.5 Å². The molecule has 8 heteroatoms. The van der Waals surface area contributed by atoms with Crippen LogP contribution in [0.5, 0.6) is 0 Å². The number of hydrogen-bond acceptors (Lipinski definition) is 4. The molecule has 3 heterocycles. The number of halogens is 2. The SMILES string of the molecule is Cc1nc2cc(-c3nc(C#N)ccc3-c3cnn(C[C@]4(F)C[C@@H](F)C4)c3)ccc2n1C. The molecule has 1 aliphatic rings. The first-order valence-electron chi connectivity index (χ1n) is 10.1. The van der Waals surface area contributed by atoms with Crippen LogP contribution in [0.3, 0.4) is 0 Å². The Morgan fingerprint density at radius 2 is 2.00 bits per heavy atom. The molecule has 0 unspecified atom stereocenters. The largest absolute Gasteiger partial charge is 0.331 e. The van der Waals surface area contributed by atoms with E-state index in [0.717, 1.165) is 33.5 Å². The summed E-state index contributed by atoms with van der Waals surface area (Å²) in [6.45, 7) is 1.96. The van der Waals surface area contributed by atoms with Crippen LogP contribution in [0.4, 0.5) is 8.78 Å². The molecular weight excluding hydrogens is 398 g/mol. The second kappa shape index (κ2) is 6.98. The Kier molecular flexibility index (Phi) is 4.36. The molecule has 1 fully saturated rings. The van der Waals surface area contributed by atoms with Crippen molar-refractivity contribution >= 4 is 11.0 Å². The van der Waals surface area contributed by atoms with Crippen molar-refractivity contribution in [1.82, 2.24) is 24.3 Å². The molecule has 1 saturated carbocycles. The van der Waals surface area contributed by atoms with Crippen LogP contribution in [0.1, 0.15) is 24.4 Å². The number of imidazole rings is 1. The highest BCUT2D eigenvalue weighted by molar-refractivity contribution is 5.87. The van der Waals surface area contributed by atoms with E-state index in [-0.39, 0.29) is 19.4 Å². The van der Waals surface area contributed by atoms with E-state index in [1.165, 1.54) is 4.68 Å². The van der Waals surface area contributed by atoms with Gasteiger partial charge in [-0.05, 0) is 31.2 Å². The summed E-state index contributed by atoms with van der Waals surface area (Å²) in [4.78, 5) is 9.13. The minimum absolute atomic E-state index is 0.0195. The molecule has 5 rings (SSSR count). The van der Waals surface area contributed by atoms with Crippen LogP contribution in [-0.2, 0) is 13.6 Å². The highest BCUT2D eigenvalue weighted by Gasteiger charge is 2.45. The highest BCUT2D eigenvalue weighted by atomic mass is 19.2. The average Bonchev–Trinajstić information content (AvgIpc) is 3.30. The monoisotopic (exact) mass is 418 g/mol. The topological polar surface area (TPSA) is 72.3 Å². The van der Waals surface area contributed by atoms with Gasteiger partial charge in [0.15, 0.2) is 0 Å². The molecule has 31 heavy (non-hydrogen) atoms. The number of aromatic nitrogens is 5. The first kappa shape index (κ1) is 19.4. The van der Waals surface area contributed by atoms with Gasteiger partial charge in [0.1, 0.15) is 29.4 Å². The summed E-state index contributed by atoms with van der Waals surface area (Å²) in [5, 5.41) is 13.6. The molecule has 4 aromatic rings. The summed E-state index contributed by atoms with van der Waals surface area (Å²) < 4.78 is 31.2. The zero-order valence-electron chi connectivity index (χ0n) is 17.2. The molecule has 0 radical (unpaired) electrons. The summed E-state index contributed by atoms with van der Waals surface area (Å²) in [7, 11) is 1.96. The minimum atomic E-state index is -1.55. The van der Waals surface area contributed by atoms with Gasteiger partial charge in [0, 0.05) is 42.8 Å². The second-order valence-electron chi connectivity index (χ2n) is 8.21. The maximum absolute atomic E-state index is 14.5. The second-order valence-corrected chi connectivity index (χ2v) is 8.21. The fourth-order valence-electron chi connectivity index (χ4n) is 4.18. The van der Waals surface area contributed by atoms with Crippen molar-refractivity contribution in [2.75, 3.05) is 0 Å². The predicted octanol–water partition coefficient (Wildman–Crippen LogP) is 4.52. The van der Waals surface area contributed by atoms with Gasteiger partial charge in [0.25, 0.3) is 0 Å². The van der Waals surface area contributed by atoms with E-state index in [2.05, 4.69) is 21.1 Å². The third kappa shape index (κ3) is 3.36. The molecule has 1 aromatic carbocycles. The molecular formula is C23H20F2N6. The fourth-order valence-corrected chi connectivity index (χ4v) is 4.18. The van der Waals surface area contributed by atoms with Crippen LogP contribution in [0.2, 0.25) is 0 Å². The van der Waals surface area contributed by atoms with Crippen LogP contribution in [0, 0.1) is 18.3 Å². The summed E-state index contributed by atoms with van der Waals surface area (Å²) in [6, 6.07) is 11.4. The number of pyridine rings is 1. The van der Waals surface area contributed by atoms with E-state index < -0.39 is 11.8 Å². The quantitative estimate of drug-likeness (QED) is 0.489. The van der Waals surface area contributed by atoms with Crippen molar-refractivity contribution in [3.8, 4) is 28.5 Å². The van der Waals surface area contributed by atoms with Gasteiger partial charge in [0.2, 0.25) is 0 Å². The van der Waals surface area contributed by atoms with Gasteiger partial charge in [-0.15, -0.1) is 0 Å². The van der Waals surface area contributed by atoms with E-state index in [9.17, 15) is 14.0 Å². The van der Waals surface area contributed by atoms with E-state index >= 15 is 0 Å². The number of hydrogen-bond donors (Lipinski definition) is 0. The molecule has 0 atom stereocenters. The van der Waals surface area contributed by atoms with Crippen molar-refractivity contribution in [2.45, 2.75) is 38.2 Å². The molecule has 0 amide bonds. The van der Waals surface area contributed by atoms with Crippen LogP contribution >= 0.6 is 0 Å². The van der Waals surface area contributed by atoms with E-state index in [0.29, 0.717) is 11.4 Å². The van der Waals surface area contributed by atoms with E-state index in [4.69, 9.17) is 0 Å². The Hall–Kier alpha value is -3.60. The Bertz CT molecular complexity index is 1340. The van der Waals surface area contributed by atoms with Crippen molar-refractivity contribution in [3.05, 3.63) is 54.2 Å². The van der Waals surface area contributed by atoms with Gasteiger partial charge in [-0.2, -0.15) is 10.4 Å². The number of fused-ring (bicyclic) bond motifs is 1. The van der Waals surface area contributed by atoms with Gasteiger partial charge in [-0.1, -0.05) is 6.07 Å². The van der Waals surface area contributed by atoms with Crippen molar-refractivity contribution in [2.24, 2.45) is 7.05 Å². The lowest BCUT2D eigenvalue weighted by molar-refractivity contribution is -0.0272. The maximum atomic E-state index is 14.5. The predicted molar refractivity (Wildman–Crippen MR) is 113 cm³/mol. The summed E-state index contributed by atoms with van der Waals surface area (Å²) in [5.41, 5.74) is 3.59. The summed E-state index contributed by atoms with van der Waals surface area (Å²) in [6.07, 6.45) is 2.14. The molecule has 0 bridgehead atoms.